The van der Waals surface area contributed by atoms with Crippen molar-refractivity contribution in [2.75, 3.05) is 0 Å². The van der Waals surface area contributed by atoms with Gasteiger partial charge in [-0.05, 0) is 22.7 Å². The number of carbonyl (C=O) groups excluding carboxylic acids is 1. The number of benzene rings is 2. The first-order chi connectivity index (χ1) is 11.7. The van der Waals surface area contributed by atoms with E-state index in [1.54, 1.807) is 12.3 Å². The molecule has 4 nitrogen and oxygen atoms in total. The van der Waals surface area contributed by atoms with Crippen molar-refractivity contribution in [1.29, 1.82) is 0 Å². The maximum atomic E-state index is 10.9. The molecule has 120 valence electrons. The van der Waals surface area contributed by atoms with E-state index in [2.05, 4.69) is 9.97 Å². The van der Waals surface area contributed by atoms with Crippen LogP contribution < -0.4 is 4.74 Å². The number of nitrogens with zero attached hydrogens (tertiary/aromatic N) is 2. The second-order valence-electron chi connectivity index (χ2n) is 5.22. The first-order valence-corrected chi connectivity index (χ1v) is 7.86. The molecule has 0 spiro atoms. The summed E-state index contributed by atoms with van der Waals surface area (Å²) in [7, 11) is 0. The van der Waals surface area contributed by atoms with Crippen molar-refractivity contribution in [3.05, 3.63) is 78.0 Å². The molecular formula is C19H15ClN2O2. The highest BCUT2D eigenvalue weighted by molar-refractivity contribution is 6.63. The number of carbonyl (C=O) groups is 1. The molecule has 0 amide bonds. The van der Waals surface area contributed by atoms with Crippen LogP contribution in [0.1, 0.15) is 11.1 Å². The average molecular weight is 339 g/mol. The topological polar surface area (TPSA) is 52.1 Å². The Bertz CT molecular complexity index is 820. The number of hydrogen-bond acceptors (Lipinski definition) is 4. The number of aromatic nitrogens is 2. The largest absolute Gasteiger partial charge is 0.473 e. The van der Waals surface area contributed by atoms with Gasteiger partial charge in [0.15, 0.2) is 5.82 Å². The predicted molar refractivity (Wildman–Crippen MR) is 92.8 cm³/mol. The highest BCUT2D eigenvalue weighted by Crippen LogP contribution is 2.19. The van der Waals surface area contributed by atoms with E-state index in [1.807, 2.05) is 54.6 Å². The molecule has 0 saturated carbocycles. The van der Waals surface area contributed by atoms with Crippen LogP contribution in [0.25, 0.3) is 11.4 Å². The van der Waals surface area contributed by atoms with Crippen molar-refractivity contribution in [2.24, 2.45) is 0 Å². The number of rotatable bonds is 6. The fourth-order valence-electron chi connectivity index (χ4n) is 2.23. The van der Waals surface area contributed by atoms with Crippen LogP contribution in [0.2, 0.25) is 0 Å². The second kappa shape index (κ2) is 7.70. The van der Waals surface area contributed by atoms with Gasteiger partial charge in [-0.2, -0.15) is 4.98 Å². The molecule has 1 heterocycles. The van der Waals surface area contributed by atoms with Crippen LogP contribution in [-0.2, 0) is 17.8 Å². The summed E-state index contributed by atoms with van der Waals surface area (Å²) >= 11 is 5.40. The van der Waals surface area contributed by atoms with Gasteiger partial charge in [-0.1, -0.05) is 54.6 Å². The van der Waals surface area contributed by atoms with Crippen molar-refractivity contribution in [1.82, 2.24) is 9.97 Å². The first-order valence-electron chi connectivity index (χ1n) is 7.48. The molecule has 0 N–H and O–H groups in total. The lowest BCUT2D eigenvalue weighted by Crippen LogP contribution is -1.99. The molecule has 3 aromatic rings. The number of halogens is 1. The maximum Gasteiger partial charge on any atom is 0.226 e. The Balaban J connectivity index is 1.71. The summed E-state index contributed by atoms with van der Waals surface area (Å²) in [5.74, 6) is 1.09. The summed E-state index contributed by atoms with van der Waals surface area (Å²) < 4.78 is 5.72. The SMILES string of the molecule is O=C(Cl)Cc1ccc(-c2nccc(OCc3ccccc3)n2)cc1. The summed E-state index contributed by atoms with van der Waals surface area (Å²) in [6, 6.07) is 19.1. The molecule has 0 saturated heterocycles. The van der Waals surface area contributed by atoms with Gasteiger partial charge in [0.25, 0.3) is 0 Å². The van der Waals surface area contributed by atoms with Crippen molar-refractivity contribution in [2.45, 2.75) is 13.0 Å². The van der Waals surface area contributed by atoms with Crippen molar-refractivity contribution < 1.29 is 9.53 Å². The van der Waals surface area contributed by atoms with E-state index in [0.29, 0.717) is 18.3 Å². The van der Waals surface area contributed by atoms with Gasteiger partial charge in [0.1, 0.15) is 6.61 Å². The van der Waals surface area contributed by atoms with E-state index in [-0.39, 0.29) is 11.7 Å². The van der Waals surface area contributed by atoms with Crippen molar-refractivity contribution >= 4 is 16.8 Å². The zero-order valence-electron chi connectivity index (χ0n) is 12.9. The summed E-state index contributed by atoms with van der Waals surface area (Å²) in [6.45, 7) is 0.452. The zero-order valence-corrected chi connectivity index (χ0v) is 13.6. The Kier molecular flexibility index (Phi) is 5.18. The molecule has 0 radical (unpaired) electrons. The van der Waals surface area contributed by atoms with E-state index in [0.717, 1.165) is 16.7 Å². The van der Waals surface area contributed by atoms with Crippen LogP contribution in [0, 0.1) is 0 Å². The third kappa shape index (κ3) is 4.40. The molecule has 0 bridgehead atoms. The second-order valence-corrected chi connectivity index (χ2v) is 5.64. The molecule has 1 aromatic heterocycles. The van der Waals surface area contributed by atoms with Gasteiger partial charge in [-0.3, -0.25) is 4.79 Å². The van der Waals surface area contributed by atoms with Gasteiger partial charge >= 0.3 is 0 Å². The Morgan fingerprint density at radius 1 is 0.958 bits per heavy atom. The van der Waals surface area contributed by atoms with Crippen LogP contribution in [0.4, 0.5) is 0 Å². The first kappa shape index (κ1) is 16.1. The fourth-order valence-corrected chi connectivity index (χ4v) is 2.38. The lowest BCUT2D eigenvalue weighted by molar-refractivity contribution is -0.111. The minimum absolute atomic E-state index is 0.211. The highest BCUT2D eigenvalue weighted by atomic mass is 35.5. The van der Waals surface area contributed by atoms with E-state index in [4.69, 9.17) is 16.3 Å². The normalized spacial score (nSPS) is 10.4. The minimum atomic E-state index is -0.379. The van der Waals surface area contributed by atoms with Gasteiger partial charge in [0, 0.05) is 24.2 Å². The van der Waals surface area contributed by atoms with Crippen LogP contribution in [-0.4, -0.2) is 15.2 Å². The minimum Gasteiger partial charge on any atom is -0.473 e. The molecule has 0 aliphatic carbocycles. The van der Waals surface area contributed by atoms with Gasteiger partial charge < -0.3 is 4.74 Å². The van der Waals surface area contributed by atoms with Crippen LogP contribution in [0.5, 0.6) is 5.88 Å². The van der Waals surface area contributed by atoms with Crippen molar-refractivity contribution in [3.63, 3.8) is 0 Å². The van der Waals surface area contributed by atoms with Gasteiger partial charge in [0.05, 0.1) is 0 Å². The molecule has 5 heteroatoms. The number of ether oxygens (including phenoxy) is 1. The summed E-state index contributed by atoms with van der Waals surface area (Å²) in [6.07, 6.45) is 1.88. The molecule has 0 aliphatic rings. The Hall–Kier alpha value is -2.72. The van der Waals surface area contributed by atoms with Gasteiger partial charge in [0.2, 0.25) is 11.1 Å². The smallest absolute Gasteiger partial charge is 0.226 e. The molecule has 3 rings (SSSR count). The molecular weight excluding hydrogens is 324 g/mol. The molecule has 24 heavy (non-hydrogen) atoms. The molecule has 0 fully saturated rings. The summed E-state index contributed by atoms with van der Waals surface area (Å²) in [5, 5.41) is -0.379. The van der Waals surface area contributed by atoms with E-state index >= 15 is 0 Å². The average Bonchev–Trinajstić information content (AvgIpc) is 2.61. The lowest BCUT2D eigenvalue weighted by Gasteiger charge is -2.07. The van der Waals surface area contributed by atoms with Crippen LogP contribution in [0.15, 0.2) is 66.9 Å². The Morgan fingerprint density at radius 2 is 1.71 bits per heavy atom. The molecule has 0 unspecified atom stereocenters. The maximum absolute atomic E-state index is 10.9. The third-order valence-corrected chi connectivity index (χ3v) is 3.55. The fraction of sp³-hybridized carbons (Fsp3) is 0.105. The molecule has 0 atom stereocenters. The third-order valence-electron chi connectivity index (χ3n) is 3.41. The van der Waals surface area contributed by atoms with Crippen LogP contribution in [0.3, 0.4) is 0 Å². The standard InChI is InChI=1S/C19H15ClN2O2/c20-17(23)12-14-6-8-16(9-7-14)19-21-11-10-18(22-19)24-13-15-4-2-1-3-5-15/h1-11H,12-13H2. The Labute approximate surface area is 145 Å². The molecule has 0 aliphatic heterocycles. The predicted octanol–water partition coefficient (Wildman–Crippen LogP) is 4.03. The Morgan fingerprint density at radius 3 is 2.42 bits per heavy atom. The van der Waals surface area contributed by atoms with E-state index < -0.39 is 0 Å². The monoisotopic (exact) mass is 338 g/mol. The summed E-state index contributed by atoms with van der Waals surface area (Å²) in [4.78, 5) is 19.6. The van der Waals surface area contributed by atoms with Crippen LogP contribution >= 0.6 is 11.6 Å². The van der Waals surface area contributed by atoms with E-state index in [1.165, 1.54) is 0 Å². The quantitative estimate of drug-likeness (QED) is 0.637. The van der Waals surface area contributed by atoms with Gasteiger partial charge in [-0.15, -0.1) is 0 Å². The summed E-state index contributed by atoms with van der Waals surface area (Å²) in [5.41, 5.74) is 2.79. The van der Waals surface area contributed by atoms with Crippen molar-refractivity contribution in [3.8, 4) is 17.3 Å². The zero-order chi connectivity index (χ0) is 16.8. The van der Waals surface area contributed by atoms with Gasteiger partial charge in [-0.25, -0.2) is 4.98 Å². The molecule has 2 aromatic carbocycles. The lowest BCUT2D eigenvalue weighted by atomic mass is 10.1. The van der Waals surface area contributed by atoms with E-state index in [9.17, 15) is 4.79 Å². The highest BCUT2D eigenvalue weighted by Gasteiger charge is 2.05. The number of hydrogen-bond donors (Lipinski definition) is 0.